The highest BCUT2D eigenvalue weighted by atomic mass is 16.3. The Hall–Kier alpha value is -2.74. The largest absolute Gasteiger partial charge is 0.393 e. The van der Waals surface area contributed by atoms with Gasteiger partial charge in [-0.3, -0.25) is 14.5 Å². The zero-order valence-electron chi connectivity index (χ0n) is 28.4. The van der Waals surface area contributed by atoms with Crippen molar-refractivity contribution in [2.24, 2.45) is 34.5 Å². The molecule has 0 unspecified atom stereocenters. The zero-order chi connectivity index (χ0) is 32.8. The minimum absolute atomic E-state index is 0.0229. The maximum absolute atomic E-state index is 14.0. The maximum Gasteiger partial charge on any atom is 0.245 e. The van der Waals surface area contributed by atoms with Crippen LogP contribution in [0.15, 0.2) is 60.7 Å². The Morgan fingerprint density at radius 3 is 2.19 bits per heavy atom. The van der Waals surface area contributed by atoms with Gasteiger partial charge in [-0.2, -0.15) is 0 Å². The first-order valence-corrected chi connectivity index (χ1v) is 18.4. The van der Waals surface area contributed by atoms with Crippen molar-refractivity contribution in [2.45, 2.75) is 102 Å². The number of fused-ring (bicyclic) bond motifs is 5. The van der Waals surface area contributed by atoms with E-state index < -0.39 is 6.04 Å². The number of rotatable bonds is 7. The first kappa shape index (κ1) is 32.8. The van der Waals surface area contributed by atoms with Crippen molar-refractivity contribution in [1.82, 2.24) is 15.1 Å². The summed E-state index contributed by atoms with van der Waals surface area (Å²) in [6, 6.07) is 19.1. The fourth-order valence-corrected chi connectivity index (χ4v) is 11.2. The maximum atomic E-state index is 14.0. The molecule has 47 heavy (non-hydrogen) atoms. The molecule has 3 N–H and O–H groups in total. The van der Waals surface area contributed by atoms with Gasteiger partial charge in [0.15, 0.2) is 0 Å². The fraction of sp³-hybridized carbons (Fsp3) is 0.650. The molecule has 1 saturated heterocycles. The molecule has 4 saturated carbocycles. The molecule has 5 fully saturated rings. The molecule has 2 aromatic carbocycles. The average molecular weight is 642 g/mol. The normalized spacial score (nSPS) is 37.7. The molecule has 2 amide bonds. The van der Waals surface area contributed by atoms with Crippen LogP contribution in [0.3, 0.4) is 0 Å². The fourth-order valence-electron chi connectivity index (χ4n) is 11.2. The summed E-state index contributed by atoms with van der Waals surface area (Å²) in [5, 5.41) is 25.5. The molecular formula is C40H55N3O4. The third-order valence-corrected chi connectivity index (χ3v) is 13.9. The minimum Gasteiger partial charge on any atom is -0.393 e. The molecule has 0 aromatic heterocycles. The van der Waals surface area contributed by atoms with Crippen molar-refractivity contribution in [3.63, 3.8) is 0 Å². The number of hydrogen-bond acceptors (Lipinski definition) is 5. The van der Waals surface area contributed by atoms with Crippen LogP contribution in [0.5, 0.6) is 0 Å². The summed E-state index contributed by atoms with van der Waals surface area (Å²) < 4.78 is 0. The van der Waals surface area contributed by atoms with E-state index in [0.717, 1.165) is 49.9 Å². The summed E-state index contributed by atoms with van der Waals surface area (Å²) in [5.41, 5.74) is 2.25. The number of hydrogen-bond donors (Lipinski definition) is 3. The molecular weight excluding hydrogens is 586 g/mol. The first-order valence-electron chi connectivity index (χ1n) is 18.4. The molecule has 1 heterocycles. The number of piperazine rings is 1. The number of amides is 2. The topological polar surface area (TPSA) is 93.1 Å². The van der Waals surface area contributed by atoms with E-state index in [2.05, 4.69) is 24.1 Å². The van der Waals surface area contributed by atoms with E-state index >= 15 is 0 Å². The summed E-state index contributed by atoms with van der Waals surface area (Å²) >= 11 is 0. The Kier molecular flexibility index (Phi) is 9.27. The van der Waals surface area contributed by atoms with Gasteiger partial charge in [0.1, 0.15) is 6.04 Å². The van der Waals surface area contributed by atoms with Crippen molar-refractivity contribution in [1.29, 1.82) is 0 Å². The lowest BCUT2D eigenvalue weighted by molar-refractivity contribution is -0.157. The van der Waals surface area contributed by atoms with E-state index in [0.29, 0.717) is 43.2 Å². The number of benzene rings is 2. The van der Waals surface area contributed by atoms with E-state index in [4.69, 9.17) is 0 Å². The summed E-state index contributed by atoms with van der Waals surface area (Å²) in [7, 11) is 0. The predicted molar refractivity (Wildman–Crippen MR) is 183 cm³/mol. The summed E-state index contributed by atoms with van der Waals surface area (Å²) in [4.78, 5) is 31.5. The summed E-state index contributed by atoms with van der Waals surface area (Å²) in [5.74, 6) is 2.39. The molecule has 7 rings (SSSR count). The van der Waals surface area contributed by atoms with Gasteiger partial charge in [-0.25, -0.2) is 0 Å². The average Bonchev–Trinajstić information content (AvgIpc) is 3.39. The molecule has 4 aliphatic carbocycles. The highest BCUT2D eigenvalue weighted by Crippen LogP contribution is 2.66. The highest BCUT2D eigenvalue weighted by molar-refractivity contribution is 5.88. The lowest BCUT2D eigenvalue weighted by atomic mass is 9.44. The predicted octanol–water partition coefficient (Wildman–Crippen LogP) is 4.84. The van der Waals surface area contributed by atoms with Gasteiger partial charge in [-0.05, 0) is 97.0 Å². The lowest BCUT2D eigenvalue weighted by Gasteiger charge is -2.62. The molecule has 5 aliphatic rings. The van der Waals surface area contributed by atoms with Crippen molar-refractivity contribution in [2.75, 3.05) is 26.2 Å². The third-order valence-electron chi connectivity index (χ3n) is 13.9. The van der Waals surface area contributed by atoms with Crippen LogP contribution in [0.2, 0.25) is 0 Å². The van der Waals surface area contributed by atoms with E-state index in [1.165, 1.54) is 25.7 Å². The van der Waals surface area contributed by atoms with Gasteiger partial charge in [0.05, 0.1) is 18.6 Å². The van der Waals surface area contributed by atoms with Crippen LogP contribution < -0.4 is 5.32 Å². The molecule has 2 aromatic rings. The van der Waals surface area contributed by atoms with Gasteiger partial charge >= 0.3 is 0 Å². The smallest absolute Gasteiger partial charge is 0.245 e. The molecule has 10 atom stereocenters. The Bertz CT molecular complexity index is 1400. The van der Waals surface area contributed by atoms with Crippen molar-refractivity contribution >= 4 is 11.8 Å². The Morgan fingerprint density at radius 2 is 1.49 bits per heavy atom. The van der Waals surface area contributed by atoms with E-state index in [1.807, 2.05) is 65.6 Å². The number of aliphatic hydroxyl groups is 2. The van der Waals surface area contributed by atoms with Gasteiger partial charge in [-0.1, -0.05) is 74.5 Å². The van der Waals surface area contributed by atoms with Gasteiger partial charge < -0.3 is 20.4 Å². The van der Waals surface area contributed by atoms with Gasteiger partial charge in [0, 0.05) is 38.6 Å². The number of carbonyl (C=O) groups excluding carboxylic acids is 2. The lowest BCUT2D eigenvalue weighted by Crippen LogP contribution is -2.63. The monoisotopic (exact) mass is 641 g/mol. The Labute approximate surface area is 281 Å². The van der Waals surface area contributed by atoms with Crippen LogP contribution in [0, 0.1) is 34.5 Å². The van der Waals surface area contributed by atoms with Crippen LogP contribution in [0.1, 0.15) is 76.3 Å². The molecule has 7 heteroatoms. The van der Waals surface area contributed by atoms with E-state index in [1.54, 1.807) is 0 Å². The molecule has 0 spiro atoms. The van der Waals surface area contributed by atoms with Crippen molar-refractivity contribution in [3.05, 3.63) is 71.8 Å². The van der Waals surface area contributed by atoms with E-state index in [-0.39, 0.29) is 47.3 Å². The number of nitrogens with one attached hydrogen (secondary N) is 1. The molecule has 0 bridgehead atoms. The zero-order valence-corrected chi connectivity index (χ0v) is 28.4. The highest BCUT2D eigenvalue weighted by Gasteiger charge is 2.61. The van der Waals surface area contributed by atoms with Gasteiger partial charge in [-0.15, -0.1) is 0 Å². The van der Waals surface area contributed by atoms with Gasteiger partial charge in [0.2, 0.25) is 11.8 Å². The summed E-state index contributed by atoms with van der Waals surface area (Å²) in [6.45, 7) is 7.58. The second kappa shape index (κ2) is 13.3. The second-order valence-corrected chi connectivity index (χ2v) is 16.2. The quantitative estimate of drug-likeness (QED) is 0.403. The number of nitrogens with zero attached hydrogens (tertiary/aromatic N) is 2. The third kappa shape index (κ3) is 6.28. The summed E-state index contributed by atoms with van der Waals surface area (Å²) in [6.07, 6.45) is 9.02. The molecule has 254 valence electrons. The van der Waals surface area contributed by atoms with E-state index in [9.17, 15) is 19.8 Å². The second-order valence-electron chi connectivity index (χ2n) is 16.2. The standard InChI is InChI=1S/C40H55N3O4/c1-39-18-17-32-30(31(39)15-16-36(39)45)14-13-29-25-35(44)34(26-40(29,32)2)42-19-21-43(22-20-42)38(47)33(23-27-9-5-3-6-10-27)41-37(46)24-28-11-7-4-8-12-28/h3-12,29-36,44-45H,13-26H2,1-2H3,(H,41,46)/t29-,30-,31-,32-,33-,34-,35-,36-,39-,40-/m0/s1. The van der Waals surface area contributed by atoms with Crippen LogP contribution in [-0.2, 0) is 22.4 Å². The minimum atomic E-state index is -0.620. The SMILES string of the molecule is C[C@]12C[C@H](N3CCN(C(=O)[C@H](Cc4ccccc4)NC(=O)Cc4ccccc4)CC3)[C@@H](O)C[C@@H]1CC[C@@H]1[C@@H]2CC[C@]2(C)[C@@H](O)CC[C@@H]12. The number of carbonyl (C=O) groups is 2. The van der Waals surface area contributed by atoms with Crippen molar-refractivity contribution < 1.29 is 19.8 Å². The van der Waals surface area contributed by atoms with Gasteiger partial charge in [0.25, 0.3) is 0 Å². The Morgan fingerprint density at radius 1 is 0.830 bits per heavy atom. The van der Waals surface area contributed by atoms with Crippen molar-refractivity contribution in [3.8, 4) is 0 Å². The number of aliphatic hydroxyl groups excluding tert-OH is 2. The Balaban J connectivity index is 1.01. The molecule has 7 nitrogen and oxygen atoms in total. The first-order chi connectivity index (χ1) is 22.7. The van der Waals surface area contributed by atoms with Crippen LogP contribution in [-0.4, -0.2) is 82.3 Å². The molecule has 0 radical (unpaired) electrons. The van der Waals surface area contributed by atoms with Crippen LogP contribution in [0.4, 0.5) is 0 Å². The van der Waals surface area contributed by atoms with Crippen LogP contribution in [0.25, 0.3) is 0 Å². The molecule has 1 aliphatic heterocycles. The van der Waals surface area contributed by atoms with Crippen LogP contribution >= 0.6 is 0 Å².